The molecule has 0 fully saturated rings. The number of aromatic nitrogens is 2. The number of hydrogen-bond donors (Lipinski definition) is 0. The quantitative estimate of drug-likeness (QED) is 0.396. The van der Waals surface area contributed by atoms with E-state index >= 15 is 0 Å². The van der Waals surface area contributed by atoms with Gasteiger partial charge < -0.3 is 9.64 Å². The van der Waals surface area contributed by atoms with Gasteiger partial charge in [-0.3, -0.25) is 24.4 Å². The Hall–Kier alpha value is -2.45. The summed E-state index contributed by atoms with van der Waals surface area (Å²) in [6, 6.07) is 0. The number of ether oxygens (including phenoxy) is 1. The van der Waals surface area contributed by atoms with E-state index in [1.54, 1.807) is 0 Å². The van der Waals surface area contributed by atoms with Crippen molar-refractivity contribution < 1.29 is 19.2 Å². The number of rotatable bonds is 5. The van der Waals surface area contributed by atoms with Crippen LogP contribution >= 0.6 is 0 Å². The molecule has 0 aliphatic heterocycles. The molecular weight excluding hydrogens is 244 g/mol. The summed E-state index contributed by atoms with van der Waals surface area (Å²) in [5.74, 6) is -0.948. The lowest BCUT2D eigenvalue weighted by molar-refractivity contribution is -0.385. The molecule has 0 aliphatic carbocycles. The maximum absolute atomic E-state index is 11.6. The molecule has 0 saturated heterocycles. The average molecular weight is 256 g/mol. The minimum Gasteiger partial charge on any atom is -0.468 e. The van der Waals surface area contributed by atoms with Crippen molar-refractivity contribution in [2.75, 3.05) is 20.7 Å². The fraction of sp³-hybridized carbons (Fsp3) is 0.444. The van der Waals surface area contributed by atoms with Crippen molar-refractivity contribution in [3.05, 3.63) is 22.5 Å². The number of carbonyl (C=O) groups is 2. The summed E-state index contributed by atoms with van der Waals surface area (Å²) in [6.45, 7) is -0.361. The molecule has 0 N–H and O–H groups in total. The number of nitrogens with zero attached hydrogens (tertiary/aromatic N) is 4. The van der Waals surface area contributed by atoms with Gasteiger partial charge in [-0.2, -0.15) is 5.10 Å². The first kappa shape index (κ1) is 13.6. The number of nitro groups is 1. The average Bonchev–Trinajstić information content (AvgIpc) is 2.77. The minimum atomic E-state index is -0.605. The number of hydrogen-bond acceptors (Lipinski definition) is 6. The highest BCUT2D eigenvalue weighted by Gasteiger charge is 2.16. The molecule has 1 amide bonds. The lowest BCUT2D eigenvalue weighted by Gasteiger charge is -2.15. The van der Waals surface area contributed by atoms with Gasteiger partial charge in [0.15, 0.2) is 0 Å². The Morgan fingerprint density at radius 1 is 1.61 bits per heavy atom. The van der Waals surface area contributed by atoms with Gasteiger partial charge in [0.2, 0.25) is 5.91 Å². The van der Waals surface area contributed by atoms with Crippen molar-refractivity contribution in [2.24, 2.45) is 0 Å². The summed E-state index contributed by atoms with van der Waals surface area (Å²) in [5, 5.41) is 14.1. The Morgan fingerprint density at radius 3 is 2.78 bits per heavy atom. The summed E-state index contributed by atoms with van der Waals surface area (Å²) in [4.78, 5) is 33.5. The predicted molar refractivity (Wildman–Crippen MR) is 58.5 cm³/mol. The van der Waals surface area contributed by atoms with Crippen LogP contribution in [0, 0.1) is 10.1 Å². The first-order valence-corrected chi connectivity index (χ1v) is 4.91. The fourth-order valence-corrected chi connectivity index (χ4v) is 1.14. The predicted octanol–water partition coefficient (Wildman–Crippen LogP) is -0.577. The van der Waals surface area contributed by atoms with E-state index in [1.165, 1.54) is 14.2 Å². The van der Waals surface area contributed by atoms with Gasteiger partial charge in [0.05, 0.1) is 12.0 Å². The summed E-state index contributed by atoms with van der Waals surface area (Å²) < 4.78 is 5.55. The molecule has 18 heavy (non-hydrogen) atoms. The molecule has 0 aliphatic rings. The van der Waals surface area contributed by atoms with Crippen molar-refractivity contribution in [1.82, 2.24) is 14.7 Å². The Bertz CT molecular complexity index is 469. The van der Waals surface area contributed by atoms with Gasteiger partial charge in [0.1, 0.15) is 25.5 Å². The summed E-state index contributed by atoms with van der Waals surface area (Å²) in [7, 11) is 2.65. The molecule has 98 valence electrons. The van der Waals surface area contributed by atoms with Crippen LogP contribution in [0.2, 0.25) is 0 Å². The molecule has 0 unspecified atom stereocenters. The lowest BCUT2D eigenvalue weighted by Crippen LogP contribution is -2.35. The number of likely N-dealkylation sites (N-methyl/N-ethyl adjacent to an activating group) is 1. The van der Waals surface area contributed by atoms with E-state index < -0.39 is 16.8 Å². The van der Waals surface area contributed by atoms with Crippen molar-refractivity contribution in [2.45, 2.75) is 6.54 Å². The lowest BCUT2D eigenvalue weighted by atomic mass is 10.5. The zero-order chi connectivity index (χ0) is 13.7. The van der Waals surface area contributed by atoms with Gasteiger partial charge >= 0.3 is 11.7 Å². The Labute approximate surface area is 102 Å². The smallest absolute Gasteiger partial charge is 0.325 e. The zero-order valence-corrected chi connectivity index (χ0v) is 9.90. The van der Waals surface area contributed by atoms with Gasteiger partial charge in [0.25, 0.3) is 0 Å². The number of esters is 1. The largest absolute Gasteiger partial charge is 0.468 e. The molecule has 0 atom stereocenters. The second-order valence-electron chi connectivity index (χ2n) is 3.48. The molecule has 0 saturated carbocycles. The van der Waals surface area contributed by atoms with Gasteiger partial charge in [-0.05, 0) is 0 Å². The first-order valence-electron chi connectivity index (χ1n) is 4.91. The summed E-state index contributed by atoms with van der Waals surface area (Å²) in [5.41, 5.74) is -0.196. The molecule has 1 heterocycles. The SMILES string of the molecule is COC(=O)CN(C)C(=O)Cn1cc([N+](=O)[O-])cn1. The van der Waals surface area contributed by atoms with Crippen molar-refractivity contribution >= 4 is 17.6 Å². The fourth-order valence-electron chi connectivity index (χ4n) is 1.14. The van der Waals surface area contributed by atoms with Gasteiger partial charge in [-0.15, -0.1) is 0 Å². The summed E-state index contributed by atoms with van der Waals surface area (Å²) in [6.07, 6.45) is 2.19. The highest BCUT2D eigenvalue weighted by molar-refractivity contribution is 5.81. The van der Waals surface area contributed by atoms with Crippen LogP contribution in [0.15, 0.2) is 12.4 Å². The third-order valence-corrected chi connectivity index (χ3v) is 2.15. The van der Waals surface area contributed by atoms with Crippen LogP contribution in [0.1, 0.15) is 0 Å². The maximum Gasteiger partial charge on any atom is 0.325 e. The van der Waals surface area contributed by atoms with E-state index in [1.807, 2.05) is 0 Å². The Kier molecular flexibility index (Phi) is 4.35. The van der Waals surface area contributed by atoms with Crippen molar-refractivity contribution in [1.29, 1.82) is 0 Å². The molecule has 1 rings (SSSR count). The number of methoxy groups -OCH3 is 1. The van der Waals surface area contributed by atoms with Gasteiger partial charge in [-0.1, -0.05) is 0 Å². The van der Waals surface area contributed by atoms with Crippen LogP contribution in [0.25, 0.3) is 0 Å². The molecule has 0 aromatic carbocycles. The standard InChI is InChI=1S/C9H12N4O5/c1-11(6-9(15)18-2)8(14)5-12-4-7(3-10-12)13(16)17/h3-4H,5-6H2,1-2H3. The minimum absolute atomic E-state index is 0.179. The van der Waals surface area contributed by atoms with Crippen molar-refractivity contribution in [3.8, 4) is 0 Å². The summed E-state index contributed by atoms with van der Waals surface area (Å²) >= 11 is 0. The maximum atomic E-state index is 11.6. The van der Waals surface area contributed by atoms with E-state index in [0.717, 1.165) is 22.0 Å². The van der Waals surface area contributed by atoms with Gasteiger partial charge in [0, 0.05) is 7.05 Å². The molecule has 0 bridgehead atoms. The number of carbonyl (C=O) groups excluding carboxylic acids is 2. The topological polar surface area (TPSA) is 108 Å². The molecule has 9 nitrogen and oxygen atoms in total. The normalized spacial score (nSPS) is 9.89. The molecule has 1 aromatic rings. The van der Waals surface area contributed by atoms with Gasteiger partial charge in [-0.25, -0.2) is 0 Å². The molecule has 1 aromatic heterocycles. The van der Waals surface area contributed by atoms with E-state index in [2.05, 4.69) is 9.84 Å². The molecular formula is C9H12N4O5. The molecule has 0 radical (unpaired) electrons. The van der Waals surface area contributed by atoms with Crippen LogP contribution in [0.3, 0.4) is 0 Å². The zero-order valence-electron chi connectivity index (χ0n) is 9.90. The second-order valence-corrected chi connectivity index (χ2v) is 3.48. The van der Waals surface area contributed by atoms with Crippen LogP contribution in [0.5, 0.6) is 0 Å². The van der Waals surface area contributed by atoms with Crippen molar-refractivity contribution in [3.63, 3.8) is 0 Å². The van der Waals surface area contributed by atoms with Crippen LogP contribution in [-0.4, -0.2) is 52.2 Å². The highest BCUT2D eigenvalue weighted by atomic mass is 16.6. The third-order valence-electron chi connectivity index (χ3n) is 2.15. The van der Waals surface area contributed by atoms with E-state index in [-0.39, 0.29) is 18.8 Å². The first-order chi connectivity index (χ1) is 8.43. The third kappa shape index (κ3) is 3.54. The van der Waals surface area contributed by atoms with Crippen LogP contribution in [-0.2, 0) is 20.9 Å². The Balaban J connectivity index is 2.58. The highest BCUT2D eigenvalue weighted by Crippen LogP contribution is 2.07. The Morgan fingerprint density at radius 2 is 2.28 bits per heavy atom. The number of amides is 1. The van der Waals surface area contributed by atoms with E-state index in [9.17, 15) is 19.7 Å². The second kappa shape index (κ2) is 5.75. The molecule has 0 spiro atoms. The van der Waals surface area contributed by atoms with Crippen LogP contribution < -0.4 is 0 Å². The van der Waals surface area contributed by atoms with E-state index in [0.29, 0.717) is 0 Å². The monoisotopic (exact) mass is 256 g/mol. The van der Waals surface area contributed by atoms with Crippen LogP contribution in [0.4, 0.5) is 5.69 Å². The molecule has 9 heteroatoms. The van der Waals surface area contributed by atoms with E-state index in [4.69, 9.17) is 0 Å².